The van der Waals surface area contributed by atoms with Gasteiger partial charge in [-0.05, 0) is 40.5 Å². The minimum Gasteiger partial charge on any atom is -0.298 e. The van der Waals surface area contributed by atoms with Crippen LogP contribution >= 0.6 is 15.9 Å². The largest absolute Gasteiger partial charge is 0.298 e. The van der Waals surface area contributed by atoms with E-state index in [-0.39, 0.29) is 0 Å². The lowest BCUT2D eigenvalue weighted by Crippen LogP contribution is -1.99. The minimum atomic E-state index is 0.612. The molecule has 0 bridgehead atoms. The van der Waals surface area contributed by atoms with Gasteiger partial charge in [0.05, 0.1) is 17.4 Å². The lowest BCUT2D eigenvalue weighted by molar-refractivity contribution is 0.112. The molecule has 0 aliphatic rings. The van der Waals surface area contributed by atoms with Crippen molar-refractivity contribution in [2.75, 3.05) is 0 Å². The van der Waals surface area contributed by atoms with Gasteiger partial charge in [0.25, 0.3) is 0 Å². The molecule has 2 rings (SSSR count). The van der Waals surface area contributed by atoms with E-state index in [9.17, 15) is 4.79 Å². The van der Waals surface area contributed by atoms with Gasteiger partial charge in [0.15, 0.2) is 6.29 Å². The van der Waals surface area contributed by atoms with Crippen LogP contribution in [0.1, 0.15) is 15.9 Å². The van der Waals surface area contributed by atoms with Crippen LogP contribution in [0.3, 0.4) is 0 Å². The first kappa shape index (κ1) is 10.1. The van der Waals surface area contributed by atoms with Crippen LogP contribution in [0.5, 0.6) is 0 Å². The van der Waals surface area contributed by atoms with E-state index >= 15 is 0 Å². The monoisotopic (exact) mass is 264 g/mol. The number of aryl methyl sites for hydroxylation is 1. The van der Waals surface area contributed by atoms with Crippen LogP contribution < -0.4 is 0 Å². The van der Waals surface area contributed by atoms with Crippen LogP contribution in [0, 0.1) is 6.92 Å². The van der Waals surface area contributed by atoms with E-state index in [2.05, 4.69) is 21.0 Å². The van der Waals surface area contributed by atoms with Gasteiger partial charge in [-0.3, -0.25) is 4.79 Å². The molecule has 1 aromatic heterocycles. The Morgan fingerprint density at radius 2 is 2.27 bits per heavy atom. The van der Waals surface area contributed by atoms with Gasteiger partial charge in [0.1, 0.15) is 0 Å². The highest BCUT2D eigenvalue weighted by Crippen LogP contribution is 2.21. The zero-order chi connectivity index (χ0) is 10.8. The number of aromatic nitrogens is 2. The van der Waals surface area contributed by atoms with Crippen molar-refractivity contribution in [2.24, 2.45) is 0 Å². The minimum absolute atomic E-state index is 0.612. The molecule has 0 spiro atoms. The predicted molar refractivity (Wildman–Crippen MR) is 61.4 cm³/mol. The molecule has 0 saturated carbocycles. The van der Waals surface area contributed by atoms with E-state index in [4.69, 9.17) is 0 Å². The van der Waals surface area contributed by atoms with Crippen LogP contribution in [-0.2, 0) is 0 Å². The Morgan fingerprint density at radius 3 is 2.87 bits per heavy atom. The molecular formula is C11H9BrN2O. The maximum Gasteiger partial charge on any atom is 0.153 e. The van der Waals surface area contributed by atoms with Gasteiger partial charge < -0.3 is 0 Å². The quantitative estimate of drug-likeness (QED) is 0.782. The summed E-state index contributed by atoms with van der Waals surface area (Å²) < 4.78 is 2.48. The summed E-state index contributed by atoms with van der Waals surface area (Å²) in [7, 11) is 0. The molecule has 0 aliphatic carbocycles. The van der Waals surface area contributed by atoms with Gasteiger partial charge in [0, 0.05) is 10.7 Å². The number of carbonyl (C=O) groups excluding carboxylic acids is 1. The smallest absolute Gasteiger partial charge is 0.153 e. The van der Waals surface area contributed by atoms with Crippen LogP contribution in [0.4, 0.5) is 0 Å². The SMILES string of the molecule is Cc1cnn(-c2cccc(Br)c2C=O)c1. The third-order valence-corrected chi connectivity index (χ3v) is 2.80. The Balaban J connectivity index is 2.62. The second-order valence-corrected chi connectivity index (χ2v) is 4.11. The first-order chi connectivity index (χ1) is 7.22. The summed E-state index contributed by atoms with van der Waals surface area (Å²) in [5, 5.41) is 4.17. The number of hydrogen-bond donors (Lipinski definition) is 0. The maximum absolute atomic E-state index is 11.0. The van der Waals surface area contributed by atoms with Crippen molar-refractivity contribution in [3.05, 3.63) is 46.2 Å². The molecular weight excluding hydrogens is 256 g/mol. The zero-order valence-corrected chi connectivity index (χ0v) is 9.73. The van der Waals surface area contributed by atoms with Crippen molar-refractivity contribution in [1.82, 2.24) is 9.78 Å². The van der Waals surface area contributed by atoms with Crippen molar-refractivity contribution >= 4 is 22.2 Å². The van der Waals surface area contributed by atoms with E-state index in [0.717, 1.165) is 22.0 Å². The summed E-state index contributed by atoms with van der Waals surface area (Å²) in [6.45, 7) is 1.96. The molecule has 0 amide bonds. The Labute approximate surface area is 95.9 Å². The van der Waals surface area contributed by atoms with Crippen molar-refractivity contribution in [3.63, 3.8) is 0 Å². The fourth-order valence-corrected chi connectivity index (χ4v) is 1.84. The Kier molecular flexibility index (Phi) is 2.68. The summed E-state index contributed by atoms with van der Waals surface area (Å²) in [4.78, 5) is 11.0. The summed E-state index contributed by atoms with van der Waals surface area (Å²) in [6, 6.07) is 5.58. The van der Waals surface area contributed by atoms with Crippen molar-refractivity contribution in [2.45, 2.75) is 6.92 Å². The zero-order valence-electron chi connectivity index (χ0n) is 8.14. The molecule has 3 nitrogen and oxygen atoms in total. The summed E-state index contributed by atoms with van der Waals surface area (Å²) in [6.07, 6.45) is 4.47. The van der Waals surface area contributed by atoms with E-state index in [1.165, 1.54) is 0 Å². The van der Waals surface area contributed by atoms with Crippen molar-refractivity contribution < 1.29 is 4.79 Å². The van der Waals surface area contributed by atoms with Crippen LogP contribution in [0.2, 0.25) is 0 Å². The molecule has 4 heteroatoms. The van der Waals surface area contributed by atoms with Crippen LogP contribution in [0.25, 0.3) is 5.69 Å². The number of halogens is 1. The lowest BCUT2D eigenvalue weighted by Gasteiger charge is -2.05. The first-order valence-electron chi connectivity index (χ1n) is 4.47. The molecule has 0 atom stereocenters. The number of nitrogens with zero attached hydrogens (tertiary/aromatic N) is 2. The van der Waals surface area contributed by atoms with E-state index in [0.29, 0.717) is 5.56 Å². The molecule has 0 aliphatic heterocycles. The molecule has 76 valence electrons. The maximum atomic E-state index is 11.0. The Bertz CT molecular complexity index is 505. The third-order valence-electron chi connectivity index (χ3n) is 2.11. The van der Waals surface area contributed by atoms with Gasteiger partial charge in [-0.2, -0.15) is 5.10 Å². The van der Waals surface area contributed by atoms with E-state index in [1.807, 2.05) is 31.3 Å². The molecule has 0 radical (unpaired) electrons. The van der Waals surface area contributed by atoms with Gasteiger partial charge in [-0.1, -0.05) is 6.07 Å². The highest BCUT2D eigenvalue weighted by molar-refractivity contribution is 9.10. The van der Waals surface area contributed by atoms with Gasteiger partial charge in [0.2, 0.25) is 0 Å². The molecule has 1 aromatic carbocycles. The molecule has 0 unspecified atom stereocenters. The summed E-state index contributed by atoms with van der Waals surface area (Å²) in [5.41, 5.74) is 2.46. The fourth-order valence-electron chi connectivity index (χ4n) is 1.39. The third kappa shape index (κ3) is 1.85. The Hall–Kier alpha value is -1.42. The standard InChI is InChI=1S/C11H9BrN2O/c1-8-5-13-14(6-8)11-4-2-3-10(12)9(11)7-15/h2-7H,1H3. The number of rotatable bonds is 2. The molecule has 15 heavy (non-hydrogen) atoms. The molecule has 0 N–H and O–H groups in total. The summed E-state index contributed by atoms with van der Waals surface area (Å²) in [5.74, 6) is 0. The number of benzene rings is 1. The second-order valence-electron chi connectivity index (χ2n) is 3.25. The Morgan fingerprint density at radius 1 is 1.47 bits per heavy atom. The topological polar surface area (TPSA) is 34.9 Å². The first-order valence-corrected chi connectivity index (χ1v) is 5.27. The van der Waals surface area contributed by atoms with E-state index < -0.39 is 0 Å². The normalized spacial score (nSPS) is 10.3. The summed E-state index contributed by atoms with van der Waals surface area (Å²) >= 11 is 3.34. The van der Waals surface area contributed by atoms with Crippen LogP contribution in [-0.4, -0.2) is 16.1 Å². The van der Waals surface area contributed by atoms with Gasteiger partial charge >= 0.3 is 0 Å². The second kappa shape index (κ2) is 3.98. The average Bonchev–Trinajstić information content (AvgIpc) is 2.64. The van der Waals surface area contributed by atoms with Crippen molar-refractivity contribution in [1.29, 1.82) is 0 Å². The van der Waals surface area contributed by atoms with Crippen molar-refractivity contribution in [3.8, 4) is 5.69 Å². The number of carbonyl (C=O) groups is 1. The molecule has 0 saturated heterocycles. The lowest BCUT2D eigenvalue weighted by atomic mass is 10.2. The van der Waals surface area contributed by atoms with Gasteiger partial charge in [-0.15, -0.1) is 0 Å². The average molecular weight is 265 g/mol. The fraction of sp³-hybridized carbons (Fsp3) is 0.0909. The molecule has 0 fully saturated rings. The van der Waals surface area contributed by atoms with E-state index in [1.54, 1.807) is 10.9 Å². The highest BCUT2D eigenvalue weighted by atomic mass is 79.9. The van der Waals surface area contributed by atoms with Gasteiger partial charge in [-0.25, -0.2) is 4.68 Å². The number of hydrogen-bond acceptors (Lipinski definition) is 2. The van der Waals surface area contributed by atoms with Crippen LogP contribution in [0.15, 0.2) is 35.1 Å². The molecule has 2 aromatic rings. The number of aldehydes is 1. The predicted octanol–water partition coefficient (Wildman–Crippen LogP) is 2.76. The highest BCUT2D eigenvalue weighted by Gasteiger charge is 2.07. The molecule has 1 heterocycles.